The standard InChI is InChI=1S/C20H15F3O2/c21-18-10-20(23)19(22)9-17(18)16-7-6-15(8-14(16)11-24)25-12-13-4-2-1-3-5-13/h1-10,24H,11-12H2. The van der Waals surface area contributed by atoms with Crippen LogP contribution in [-0.4, -0.2) is 5.11 Å². The van der Waals surface area contributed by atoms with Crippen LogP contribution in [-0.2, 0) is 13.2 Å². The lowest BCUT2D eigenvalue weighted by Gasteiger charge is -2.13. The summed E-state index contributed by atoms with van der Waals surface area (Å²) in [5.41, 5.74) is 1.50. The van der Waals surface area contributed by atoms with Gasteiger partial charge in [0.25, 0.3) is 0 Å². The van der Waals surface area contributed by atoms with Crippen molar-refractivity contribution in [2.75, 3.05) is 0 Å². The van der Waals surface area contributed by atoms with Gasteiger partial charge in [-0.05, 0) is 34.9 Å². The molecule has 0 bridgehead atoms. The summed E-state index contributed by atoms with van der Waals surface area (Å²) in [4.78, 5) is 0. The monoisotopic (exact) mass is 344 g/mol. The highest BCUT2D eigenvalue weighted by Gasteiger charge is 2.15. The molecule has 0 saturated heterocycles. The van der Waals surface area contributed by atoms with Crippen molar-refractivity contribution in [1.82, 2.24) is 0 Å². The highest BCUT2D eigenvalue weighted by Crippen LogP contribution is 2.31. The van der Waals surface area contributed by atoms with E-state index in [0.717, 1.165) is 11.6 Å². The molecule has 0 heterocycles. The molecule has 5 heteroatoms. The quantitative estimate of drug-likeness (QED) is 0.671. The first-order valence-corrected chi connectivity index (χ1v) is 7.64. The van der Waals surface area contributed by atoms with Gasteiger partial charge >= 0.3 is 0 Å². The minimum atomic E-state index is -1.25. The molecule has 0 atom stereocenters. The van der Waals surface area contributed by atoms with E-state index in [2.05, 4.69) is 0 Å². The second-order valence-corrected chi connectivity index (χ2v) is 5.50. The number of hydrogen-bond acceptors (Lipinski definition) is 2. The summed E-state index contributed by atoms with van der Waals surface area (Å²) in [5.74, 6) is -2.81. The van der Waals surface area contributed by atoms with Crippen LogP contribution >= 0.6 is 0 Å². The van der Waals surface area contributed by atoms with E-state index in [0.29, 0.717) is 24.0 Å². The van der Waals surface area contributed by atoms with Crippen molar-refractivity contribution in [2.45, 2.75) is 13.2 Å². The van der Waals surface area contributed by atoms with Crippen molar-refractivity contribution in [1.29, 1.82) is 0 Å². The Morgan fingerprint density at radius 1 is 0.760 bits per heavy atom. The molecule has 0 fully saturated rings. The molecule has 2 nitrogen and oxygen atoms in total. The van der Waals surface area contributed by atoms with Crippen LogP contribution in [0, 0.1) is 17.5 Å². The third kappa shape index (κ3) is 3.83. The Morgan fingerprint density at radius 2 is 1.48 bits per heavy atom. The van der Waals surface area contributed by atoms with Gasteiger partial charge in [-0.1, -0.05) is 36.4 Å². The summed E-state index contributed by atoms with van der Waals surface area (Å²) in [7, 11) is 0. The molecule has 0 aliphatic heterocycles. The Kier molecular flexibility index (Phi) is 5.05. The summed E-state index contributed by atoms with van der Waals surface area (Å²) >= 11 is 0. The SMILES string of the molecule is OCc1cc(OCc2ccccc2)ccc1-c1cc(F)c(F)cc1F. The number of aliphatic hydroxyl groups is 1. The zero-order chi connectivity index (χ0) is 17.8. The lowest BCUT2D eigenvalue weighted by molar-refractivity contribution is 0.278. The molecule has 3 aromatic rings. The van der Waals surface area contributed by atoms with Crippen molar-refractivity contribution in [2.24, 2.45) is 0 Å². The molecule has 0 spiro atoms. The van der Waals surface area contributed by atoms with Gasteiger partial charge in [-0.25, -0.2) is 13.2 Å². The number of aliphatic hydroxyl groups excluding tert-OH is 1. The highest BCUT2D eigenvalue weighted by molar-refractivity contribution is 5.69. The molecular formula is C20H15F3O2. The van der Waals surface area contributed by atoms with Gasteiger partial charge in [0.05, 0.1) is 6.61 Å². The Bertz CT molecular complexity index is 880. The lowest BCUT2D eigenvalue weighted by Crippen LogP contribution is -1.99. The third-order valence-electron chi connectivity index (χ3n) is 3.80. The first-order chi connectivity index (χ1) is 12.1. The molecule has 0 aliphatic carbocycles. The molecule has 0 unspecified atom stereocenters. The van der Waals surface area contributed by atoms with Gasteiger partial charge < -0.3 is 9.84 Å². The third-order valence-corrected chi connectivity index (χ3v) is 3.80. The van der Waals surface area contributed by atoms with Gasteiger partial charge in [-0.15, -0.1) is 0 Å². The molecule has 25 heavy (non-hydrogen) atoms. The minimum Gasteiger partial charge on any atom is -0.489 e. The van der Waals surface area contributed by atoms with E-state index in [9.17, 15) is 18.3 Å². The Balaban J connectivity index is 1.88. The number of rotatable bonds is 5. The maximum atomic E-state index is 14.0. The average Bonchev–Trinajstić information content (AvgIpc) is 2.64. The predicted octanol–water partition coefficient (Wildman–Crippen LogP) is 4.84. The van der Waals surface area contributed by atoms with Crippen LogP contribution in [0.2, 0.25) is 0 Å². The summed E-state index contributed by atoms with van der Waals surface area (Å²) in [6.45, 7) is -0.0547. The fourth-order valence-electron chi connectivity index (χ4n) is 2.52. The molecule has 0 radical (unpaired) electrons. The van der Waals surface area contributed by atoms with Gasteiger partial charge in [-0.3, -0.25) is 0 Å². The van der Waals surface area contributed by atoms with Crippen molar-refractivity contribution >= 4 is 0 Å². The van der Waals surface area contributed by atoms with E-state index >= 15 is 0 Å². The lowest BCUT2D eigenvalue weighted by atomic mass is 9.99. The van der Waals surface area contributed by atoms with Crippen LogP contribution in [0.15, 0.2) is 60.7 Å². The second kappa shape index (κ2) is 7.40. The molecule has 0 aliphatic rings. The first-order valence-electron chi connectivity index (χ1n) is 7.64. The Hall–Kier alpha value is -2.79. The minimum absolute atomic E-state index is 0.113. The number of hydrogen-bond donors (Lipinski definition) is 1. The van der Waals surface area contributed by atoms with Gasteiger partial charge in [0, 0.05) is 11.6 Å². The number of ether oxygens (including phenoxy) is 1. The van der Waals surface area contributed by atoms with Gasteiger partial charge in [0.1, 0.15) is 18.2 Å². The molecular weight excluding hydrogens is 329 g/mol. The molecule has 0 aromatic heterocycles. The predicted molar refractivity (Wildman–Crippen MR) is 88.4 cm³/mol. The number of halogens is 3. The van der Waals surface area contributed by atoms with Crippen molar-refractivity contribution < 1.29 is 23.0 Å². The fourth-order valence-corrected chi connectivity index (χ4v) is 2.52. The fraction of sp³-hybridized carbons (Fsp3) is 0.100. The van der Waals surface area contributed by atoms with Gasteiger partial charge in [0.15, 0.2) is 11.6 Å². The van der Waals surface area contributed by atoms with E-state index in [1.165, 1.54) is 6.07 Å². The van der Waals surface area contributed by atoms with Crippen LogP contribution in [0.5, 0.6) is 5.75 Å². The summed E-state index contributed by atoms with van der Waals surface area (Å²) < 4.78 is 46.2. The zero-order valence-corrected chi connectivity index (χ0v) is 13.2. The Morgan fingerprint density at radius 3 is 2.20 bits per heavy atom. The van der Waals surface area contributed by atoms with Crippen molar-refractivity contribution in [3.8, 4) is 16.9 Å². The van der Waals surface area contributed by atoms with E-state index < -0.39 is 24.1 Å². The van der Waals surface area contributed by atoms with Gasteiger partial charge in [0.2, 0.25) is 0 Å². The molecule has 128 valence electrons. The highest BCUT2D eigenvalue weighted by atomic mass is 19.2. The van der Waals surface area contributed by atoms with E-state index in [-0.39, 0.29) is 11.1 Å². The van der Waals surface area contributed by atoms with Crippen molar-refractivity contribution in [3.63, 3.8) is 0 Å². The van der Waals surface area contributed by atoms with E-state index in [1.807, 2.05) is 30.3 Å². The molecule has 0 amide bonds. The smallest absolute Gasteiger partial charge is 0.161 e. The maximum Gasteiger partial charge on any atom is 0.161 e. The molecule has 3 aromatic carbocycles. The van der Waals surface area contributed by atoms with E-state index in [4.69, 9.17) is 4.74 Å². The Labute approximate surface area is 143 Å². The van der Waals surface area contributed by atoms with Crippen LogP contribution in [0.3, 0.4) is 0 Å². The maximum absolute atomic E-state index is 14.0. The zero-order valence-electron chi connectivity index (χ0n) is 13.2. The molecule has 1 N–H and O–H groups in total. The summed E-state index contributed by atoms with van der Waals surface area (Å²) in [5, 5.41) is 9.56. The first kappa shape index (κ1) is 17.0. The van der Waals surface area contributed by atoms with Crippen molar-refractivity contribution in [3.05, 3.63) is 89.2 Å². The van der Waals surface area contributed by atoms with E-state index in [1.54, 1.807) is 12.1 Å². The topological polar surface area (TPSA) is 29.5 Å². The van der Waals surface area contributed by atoms with Crippen LogP contribution in [0.4, 0.5) is 13.2 Å². The normalized spacial score (nSPS) is 10.7. The van der Waals surface area contributed by atoms with Crippen LogP contribution in [0.25, 0.3) is 11.1 Å². The van der Waals surface area contributed by atoms with Crippen LogP contribution in [0.1, 0.15) is 11.1 Å². The summed E-state index contributed by atoms with van der Waals surface area (Å²) in [6.07, 6.45) is 0. The second-order valence-electron chi connectivity index (χ2n) is 5.50. The summed E-state index contributed by atoms with van der Waals surface area (Å²) in [6, 6.07) is 15.5. The molecule has 0 saturated carbocycles. The van der Waals surface area contributed by atoms with Crippen LogP contribution < -0.4 is 4.74 Å². The molecule has 3 rings (SSSR count). The number of benzene rings is 3. The largest absolute Gasteiger partial charge is 0.489 e. The van der Waals surface area contributed by atoms with Gasteiger partial charge in [-0.2, -0.15) is 0 Å². The average molecular weight is 344 g/mol.